The summed E-state index contributed by atoms with van der Waals surface area (Å²) < 4.78 is 40.7. The predicted octanol–water partition coefficient (Wildman–Crippen LogP) is 4.29. The summed E-state index contributed by atoms with van der Waals surface area (Å²) in [5.41, 5.74) is 0.479. The van der Waals surface area contributed by atoms with Crippen LogP contribution < -0.4 is 10.6 Å². The van der Waals surface area contributed by atoms with E-state index in [-0.39, 0.29) is 24.8 Å². The normalized spacial score (nSPS) is 19.7. The zero-order valence-electron chi connectivity index (χ0n) is 15.8. The number of halogens is 4. The molecule has 0 aliphatic carbocycles. The zero-order chi connectivity index (χ0) is 22.0. The number of fused-ring (bicyclic) bond motifs is 4. The third-order valence-electron chi connectivity index (χ3n) is 5.67. The fourth-order valence-electron chi connectivity index (χ4n) is 4.21. The van der Waals surface area contributed by atoms with Crippen molar-refractivity contribution in [1.82, 2.24) is 9.78 Å². The third-order valence-corrected chi connectivity index (χ3v) is 6.17. The predicted molar refractivity (Wildman–Crippen MR) is 110 cm³/mol. The molecule has 2 aliphatic heterocycles. The van der Waals surface area contributed by atoms with Crippen LogP contribution in [0.25, 0.3) is 0 Å². The maximum atomic E-state index is 13.1. The summed E-state index contributed by atoms with van der Waals surface area (Å²) in [5.74, 6) is -0.297. The van der Waals surface area contributed by atoms with Crippen LogP contribution in [-0.2, 0) is 27.7 Å². The van der Waals surface area contributed by atoms with Crippen LogP contribution in [-0.4, -0.2) is 21.6 Å². The number of carbonyl (C=O) groups excluding carboxylic acids is 2. The number of hydrogen-bond donors (Lipinski definition) is 2. The number of carbonyl (C=O) groups is 2. The van der Waals surface area contributed by atoms with Gasteiger partial charge in [-0.05, 0) is 41.5 Å². The Balaban J connectivity index is 1.57. The standard InChI is InChI=1S/C21H14BrF3N4O2/c22-13-5-6-16-14(7-13)20(19(31)27-16)8-17(30)28-18-15(20)9-26-29(18)10-11-1-3-12(4-2-11)21(23,24)25/h1-7,9H,8,10H2,(H,27,31)(H,28,30). The van der Waals surface area contributed by atoms with Crippen molar-refractivity contribution in [3.63, 3.8) is 0 Å². The van der Waals surface area contributed by atoms with E-state index in [9.17, 15) is 22.8 Å². The summed E-state index contributed by atoms with van der Waals surface area (Å²) in [6.45, 7) is 0.136. The monoisotopic (exact) mass is 490 g/mol. The van der Waals surface area contributed by atoms with E-state index in [4.69, 9.17) is 0 Å². The van der Waals surface area contributed by atoms with Crippen LogP contribution in [0.2, 0.25) is 0 Å². The Bertz CT molecular complexity index is 1240. The van der Waals surface area contributed by atoms with Crippen LogP contribution >= 0.6 is 15.9 Å². The lowest BCUT2D eigenvalue weighted by molar-refractivity contribution is -0.137. The second kappa shape index (κ2) is 6.68. The van der Waals surface area contributed by atoms with Crippen molar-refractivity contribution in [2.45, 2.75) is 24.6 Å². The number of amides is 2. The summed E-state index contributed by atoms with van der Waals surface area (Å²) in [6.07, 6.45) is -2.95. The van der Waals surface area contributed by atoms with Gasteiger partial charge in [0.1, 0.15) is 11.2 Å². The minimum absolute atomic E-state index is 0.0682. The number of hydrogen-bond acceptors (Lipinski definition) is 3. The number of benzene rings is 2. The van der Waals surface area contributed by atoms with E-state index in [1.165, 1.54) is 23.0 Å². The maximum Gasteiger partial charge on any atom is 0.416 e. The highest BCUT2D eigenvalue weighted by Gasteiger charge is 2.54. The number of nitrogens with one attached hydrogen (secondary N) is 2. The number of anilines is 2. The highest BCUT2D eigenvalue weighted by atomic mass is 79.9. The number of aromatic nitrogens is 2. The van der Waals surface area contributed by atoms with Gasteiger partial charge < -0.3 is 10.6 Å². The van der Waals surface area contributed by atoms with Crippen LogP contribution in [0.3, 0.4) is 0 Å². The van der Waals surface area contributed by atoms with E-state index in [0.717, 1.165) is 16.6 Å². The Morgan fingerprint density at radius 1 is 1.06 bits per heavy atom. The van der Waals surface area contributed by atoms with Crippen molar-refractivity contribution in [2.75, 3.05) is 10.6 Å². The molecule has 158 valence electrons. The van der Waals surface area contributed by atoms with Gasteiger partial charge >= 0.3 is 6.18 Å². The van der Waals surface area contributed by atoms with E-state index < -0.39 is 17.2 Å². The van der Waals surface area contributed by atoms with Gasteiger partial charge in [-0.3, -0.25) is 9.59 Å². The van der Waals surface area contributed by atoms with Crippen LogP contribution in [0.1, 0.15) is 28.7 Å². The number of rotatable bonds is 2. The van der Waals surface area contributed by atoms with E-state index >= 15 is 0 Å². The van der Waals surface area contributed by atoms with Crippen molar-refractivity contribution in [1.29, 1.82) is 0 Å². The van der Waals surface area contributed by atoms with Gasteiger partial charge in [0.2, 0.25) is 11.8 Å². The van der Waals surface area contributed by atoms with E-state index in [0.29, 0.717) is 28.2 Å². The molecule has 1 atom stereocenters. The van der Waals surface area contributed by atoms with Gasteiger partial charge in [-0.2, -0.15) is 18.3 Å². The molecule has 31 heavy (non-hydrogen) atoms. The van der Waals surface area contributed by atoms with Gasteiger partial charge in [0.25, 0.3) is 0 Å². The first kappa shape index (κ1) is 19.8. The summed E-state index contributed by atoms with van der Waals surface area (Å²) in [7, 11) is 0. The van der Waals surface area contributed by atoms with Gasteiger partial charge in [-0.1, -0.05) is 28.1 Å². The highest BCUT2D eigenvalue weighted by Crippen LogP contribution is 2.50. The van der Waals surface area contributed by atoms with Crippen molar-refractivity contribution in [2.24, 2.45) is 0 Å². The molecule has 1 aromatic heterocycles. The van der Waals surface area contributed by atoms with Crippen LogP contribution in [0, 0.1) is 0 Å². The highest BCUT2D eigenvalue weighted by molar-refractivity contribution is 9.10. The third kappa shape index (κ3) is 3.04. The molecule has 3 heterocycles. The van der Waals surface area contributed by atoms with Crippen LogP contribution in [0.4, 0.5) is 24.7 Å². The molecule has 1 unspecified atom stereocenters. The van der Waals surface area contributed by atoms with Crippen molar-refractivity contribution >= 4 is 39.2 Å². The molecular weight excluding hydrogens is 477 g/mol. The lowest BCUT2D eigenvalue weighted by atomic mass is 9.72. The Kier molecular flexibility index (Phi) is 4.27. The fourth-order valence-corrected chi connectivity index (χ4v) is 4.57. The molecule has 0 fully saturated rings. The van der Waals surface area contributed by atoms with E-state index in [2.05, 4.69) is 31.7 Å². The molecule has 0 bridgehead atoms. The molecule has 0 saturated carbocycles. The smallest absolute Gasteiger partial charge is 0.325 e. The van der Waals surface area contributed by atoms with Gasteiger partial charge in [0.15, 0.2) is 0 Å². The van der Waals surface area contributed by atoms with Crippen molar-refractivity contribution in [3.8, 4) is 0 Å². The zero-order valence-corrected chi connectivity index (χ0v) is 17.3. The summed E-state index contributed by atoms with van der Waals surface area (Å²) in [6, 6.07) is 10.1. The van der Waals surface area contributed by atoms with Crippen LogP contribution in [0.5, 0.6) is 0 Å². The topological polar surface area (TPSA) is 76.0 Å². The number of nitrogens with zero attached hydrogens (tertiary/aromatic N) is 2. The average Bonchev–Trinajstić information content (AvgIpc) is 3.22. The Morgan fingerprint density at radius 2 is 1.81 bits per heavy atom. The Labute approximate surface area is 182 Å². The van der Waals surface area contributed by atoms with Crippen molar-refractivity contribution in [3.05, 3.63) is 75.4 Å². The summed E-state index contributed by atoms with van der Waals surface area (Å²) >= 11 is 3.42. The molecule has 5 rings (SSSR count). The van der Waals surface area contributed by atoms with E-state index in [1.54, 1.807) is 12.1 Å². The van der Waals surface area contributed by atoms with Crippen molar-refractivity contribution < 1.29 is 22.8 Å². The number of alkyl halides is 3. The molecule has 6 nitrogen and oxygen atoms in total. The molecule has 2 amide bonds. The molecule has 3 aromatic rings. The molecule has 1 spiro atoms. The molecule has 2 aromatic carbocycles. The lowest BCUT2D eigenvalue weighted by Gasteiger charge is -2.31. The summed E-state index contributed by atoms with van der Waals surface area (Å²) in [5, 5.41) is 9.95. The van der Waals surface area contributed by atoms with Gasteiger partial charge in [0.05, 0.1) is 18.3 Å². The molecule has 2 aliphatic rings. The maximum absolute atomic E-state index is 13.1. The van der Waals surface area contributed by atoms with Gasteiger partial charge in [-0.25, -0.2) is 4.68 Å². The largest absolute Gasteiger partial charge is 0.416 e. The first-order chi connectivity index (χ1) is 14.7. The quantitative estimate of drug-likeness (QED) is 0.562. The first-order valence-corrected chi connectivity index (χ1v) is 10.1. The minimum atomic E-state index is -4.42. The van der Waals surface area contributed by atoms with Crippen LogP contribution in [0.15, 0.2) is 53.1 Å². The molecule has 10 heteroatoms. The lowest BCUT2D eigenvalue weighted by Crippen LogP contribution is -2.43. The average molecular weight is 491 g/mol. The Hall–Kier alpha value is -3.14. The first-order valence-electron chi connectivity index (χ1n) is 9.32. The van der Waals surface area contributed by atoms with E-state index in [1.807, 2.05) is 6.07 Å². The van der Waals surface area contributed by atoms with Gasteiger partial charge in [-0.15, -0.1) is 0 Å². The molecular formula is C21H14BrF3N4O2. The molecule has 0 saturated heterocycles. The SMILES string of the molecule is O=C1CC2(C(=O)Nc3ccc(Br)cc32)c2cnn(Cc3ccc(C(F)(F)F)cc3)c2N1. The van der Waals surface area contributed by atoms with Gasteiger partial charge in [0, 0.05) is 22.1 Å². The Morgan fingerprint density at radius 3 is 2.52 bits per heavy atom. The second-order valence-electron chi connectivity index (χ2n) is 7.53. The molecule has 0 radical (unpaired) electrons. The summed E-state index contributed by atoms with van der Waals surface area (Å²) in [4.78, 5) is 25.7. The molecule has 2 N–H and O–H groups in total. The minimum Gasteiger partial charge on any atom is -0.325 e. The fraction of sp³-hybridized carbons (Fsp3) is 0.190. The second-order valence-corrected chi connectivity index (χ2v) is 8.45.